The summed E-state index contributed by atoms with van der Waals surface area (Å²) in [7, 11) is -3.87. The van der Waals surface area contributed by atoms with Gasteiger partial charge < -0.3 is 10.2 Å². The van der Waals surface area contributed by atoms with Crippen molar-refractivity contribution in [2.24, 2.45) is 11.3 Å². The highest BCUT2D eigenvalue weighted by Crippen LogP contribution is 2.36. The van der Waals surface area contributed by atoms with Crippen molar-refractivity contribution in [2.75, 3.05) is 19.6 Å². The predicted octanol–water partition coefficient (Wildman–Crippen LogP) is 4.36. The largest absolute Gasteiger partial charge is 0.416 e. The van der Waals surface area contributed by atoms with Gasteiger partial charge in [-0.1, -0.05) is 39.0 Å². The molecule has 2 aromatic rings. The minimum absolute atomic E-state index is 0.0648. The van der Waals surface area contributed by atoms with Gasteiger partial charge in [0, 0.05) is 25.2 Å². The van der Waals surface area contributed by atoms with Gasteiger partial charge in [0.05, 0.1) is 28.5 Å². The molecule has 0 radical (unpaired) electrons. The Morgan fingerprint density at radius 2 is 1.73 bits per heavy atom. The Labute approximate surface area is 231 Å². The van der Waals surface area contributed by atoms with E-state index >= 15 is 0 Å². The van der Waals surface area contributed by atoms with E-state index in [4.69, 9.17) is 5.26 Å². The van der Waals surface area contributed by atoms with E-state index in [1.165, 1.54) is 45.6 Å². The molecule has 2 amide bonds. The van der Waals surface area contributed by atoms with Crippen LogP contribution in [0.1, 0.15) is 61.1 Å². The lowest BCUT2D eigenvalue weighted by Gasteiger charge is -2.34. The first-order valence-electron chi connectivity index (χ1n) is 12.9. The molecule has 1 N–H and O–H groups in total. The Bertz CT molecular complexity index is 1420. The second-order valence-corrected chi connectivity index (χ2v) is 13.2. The van der Waals surface area contributed by atoms with Crippen molar-refractivity contribution in [1.29, 1.82) is 5.26 Å². The molecule has 12 heteroatoms. The standard InChI is InChI=1S/C28H31F3N4O4S/c1-27(2,3)24(19-9-11-21(12-10-19)28(29,30)31)33-25(36)23-8-5-13-35(23)26(37)20-6-4-7-22(14-20)40(38,39)34-16-18(15-32)17-34/h4,6-7,9-12,14,18,23-24H,5,8,13,16-17H2,1-3H3,(H,33,36)/t23-,24?/m1/s1. The summed E-state index contributed by atoms with van der Waals surface area (Å²) in [5.74, 6) is -1.28. The van der Waals surface area contributed by atoms with E-state index < -0.39 is 51.1 Å². The van der Waals surface area contributed by atoms with Gasteiger partial charge in [-0.15, -0.1) is 0 Å². The zero-order valence-corrected chi connectivity index (χ0v) is 23.2. The van der Waals surface area contributed by atoms with Crippen LogP contribution >= 0.6 is 0 Å². The van der Waals surface area contributed by atoms with Crippen molar-refractivity contribution in [3.8, 4) is 6.07 Å². The number of hydrogen-bond donors (Lipinski definition) is 1. The van der Waals surface area contributed by atoms with Crippen LogP contribution in [0, 0.1) is 22.7 Å². The highest BCUT2D eigenvalue weighted by Gasteiger charge is 2.40. The summed E-state index contributed by atoms with van der Waals surface area (Å²) in [5.41, 5.74) is -0.709. The van der Waals surface area contributed by atoms with E-state index in [1.807, 2.05) is 26.8 Å². The fourth-order valence-corrected chi connectivity index (χ4v) is 6.58. The van der Waals surface area contributed by atoms with Gasteiger partial charge in [-0.25, -0.2) is 8.42 Å². The number of nitrogens with zero attached hydrogens (tertiary/aromatic N) is 3. The molecule has 1 unspecified atom stereocenters. The number of amides is 2. The summed E-state index contributed by atoms with van der Waals surface area (Å²) >= 11 is 0. The molecule has 2 heterocycles. The second kappa shape index (κ2) is 10.9. The summed E-state index contributed by atoms with van der Waals surface area (Å²) in [6.07, 6.45) is -3.52. The Balaban J connectivity index is 1.52. The van der Waals surface area contributed by atoms with Crippen molar-refractivity contribution in [3.05, 3.63) is 65.2 Å². The lowest BCUT2D eigenvalue weighted by atomic mass is 9.82. The van der Waals surface area contributed by atoms with Gasteiger partial charge in [-0.3, -0.25) is 9.59 Å². The first-order valence-corrected chi connectivity index (χ1v) is 14.4. The molecule has 2 saturated heterocycles. The van der Waals surface area contributed by atoms with Crippen LogP contribution in [0.3, 0.4) is 0 Å². The van der Waals surface area contributed by atoms with Gasteiger partial charge in [0.1, 0.15) is 6.04 Å². The average molecular weight is 577 g/mol. The number of halogens is 3. The van der Waals surface area contributed by atoms with E-state index in [0.717, 1.165) is 12.1 Å². The number of alkyl halides is 3. The smallest absolute Gasteiger partial charge is 0.347 e. The molecule has 0 aromatic heterocycles. The molecule has 0 bridgehead atoms. The molecule has 214 valence electrons. The van der Waals surface area contributed by atoms with Crippen LogP contribution in [0.5, 0.6) is 0 Å². The van der Waals surface area contributed by atoms with Crippen molar-refractivity contribution >= 4 is 21.8 Å². The van der Waals surface area contributed by atoms with Gasteiger partial charge in [0.15, 0.2) is 0 Å². The van der Waals surface area contributed by atoms with E-state index in [0.29, 0.717) is 24.9 Å². The SMILES string of the molecule is CC(C)(C)C(NC(=O)[C@H]1CCCN1C(=O)c1cccc(S(=O)(=O)N2CC(C#N)C2)c1)c1ccc(C(F)(F)F)cc1. The van der Waals surface area contributed by atoms with Crippen molar-refractivity contribution in [2.45, 2.75) is 56.8 Å². The molecule has 2 aliphatic heterocycles. The van der Waals surface area contributed by atoms with Crippen LogP contribution in [0.2, 0.25) is 0 Å². The first kappa shape index (κ1) is 29.6. The Kier molecular flexibility index (Phi) is 8.02. The number of hydrogen-bond acceptors (Lipinski definition) is 5. The molecular formula is C28H31F3N4O4S. The molecule has 0 aliphatic carbocycles. The Hall–Kier alpha value is -3.43. The number of nitrogens with one attached hydrogen (secondary N) is 1. The fraction of sp³-hybridized carbons (Fsp3) is 0.464. The molecule has 40 heavy (non-hydrogen) atoms. The highest BCUT2D eigenvalue weighted by atomic mass is 32.2. The topological polar surface area (TPSA) is 111 Å². The number of benzene rings is 2. The van der Waals surface area contributed by atoms with Gasteiger partial charge in [0.25, 0.3) is 5.91 Å². The van der Waals surface area contributed by atoms with Crippen LogP contribution < -0.4 is 5.32 Å². The maximum absolute atomic E-state index is 13.5. The normalized spacial score (nSPS) is 19.5. The summed E-state index contributed by atoms with van der Waals surface area (Å²) in [4.78, 5) is 28.3. The zero-order chi connectivity index (χ0) is 29.5. The van der Waals surface area contributed by atoms with E-state index in [1.54, 1.807) is 0 Å². The number of rotatable bonds is 6. The quantitative estimate of drug-likeness (QED) is 0.550. The average Bonchev–Trinajstić information content (AvgIpc) is 3.35. The highest BCUT2D eigenvalue weighted by molar-refractivity contribution is 7.89. The van der Waals surface area contributed by atoms with Gasteiger partial charge in [0.2, 0.25) is 15.9 Å². The van der Waals surface area contributed by atoms with Crippen molar-refractivity contribution < 1.29 is 31.2 Å². The monoisotopic (exact) mass is 576 g/mol. The van der Waals surface area contributed by atoms with Crippen LogP contribution in [0.25, 0.3) is 0 Å². The minimum Gasteiger partial charge on any atom is -0.347 e. The summed E-state index contributed by atoms with van der Waals surface area (Å²) in [5, 5.41) is 11.9. The minimum atomic E-state index is -4.48. The number of likely N-dealkylation sites (tertiary alicyclic amines) is 1. The summed E-state index contributed by atoms with van der Waals surface area (Å²) in [6.45, 7) is 6.06. The van der Waals surface area contributed by atoms with E-state index in [2.05, 4.69) is 5.32 Å². The Morgan fingerprint density at radius 3 is 2.30 bits per heavy atom. The van der Waals surface area contributed by atoms with Crippen molar-refractivity contribution in [1.82, 2.24) is 14.5 Å². The predicted molar refractivity (Wildman–Crippen MR) is 140 cm³/mol. The maximum atomic E-state index is 13.5. The maximum Gasteiger partial charge on any atom is 0.416 e. The summed E-state index contributed by atoms with van der Waals surface area (Å²) in [6, 6.07) is 10.9. The molecule has 2 aromatic carbocycles. The van der Waals surface area contributed by atoms with E-state index in [-0.39, 0.29) is 29.5 Å². The number of carbonyl (C=O) groups excluding carboxylic acids is 2. The van der Waals surface area contributed by atoms with Crippen LogP contribution in [0.15, 0.2) is 53.4 Å². The summed E-state index contributed by atoms with van der Waals surface area (Å²) < 4.78 is 66.2. The van der Waals surface area contributed by atoms with Crippen molar-refractivity contribution in [3.63, 3.8) is 0 Å². The molecule has 0 spiro atoms. The molecule has 4 rings (SSSR count). The lowest BCUT2D eigenvalue weighted by Crippen LogP contribution is -2.49. The van der Waals surface area contributed by atoms with E-state index in [9.17, 15) is 31.2 Å². The van der Waals surface area contributed by atoms with Gasteiger partial charge >= 0.3 is 6.18 Å². The third-order valence-electron chi connectivity index (χ3n) is 7.29. The third kappa shape index (κ3) is 6.00. The molecular weight excluding hydrogens is 545 g/mol. The molecule has 8 nitrogen and oxygen atoms in total. The van der Waals surface area contributed by atoms with Crippen LogP contribution in [0.4, 0.5) is 13.2 Å². The fourth-order valence-electron chi connectivity index (χ4n) is 5.01. The number of sulfonamides is 1. The number of nitriles is 1. The molecule has 2 aliphatic rings. The van der Waals surface area contributed by atoms with Crippen LogP contribution in [-0.4, -0.2) is 55.1 Å². The third-order valence-corrected chi connectivity index (χ3v) is 9.12. The zero-order valence-electron chi connectivity index (χ0n) is 22.4. The Morgan fingerprint density at radius 1 is 1.07 bits per heavy atom. The second-order valence-electron chi connectivity index (χ2n) is 11.3. The van der Waals surface area contributed by atoms with Gasteiger partial charge in [-0.05, 0) is 54.2 Å². The van der Waals surface area contributed by atoms with Gasteiger partial charge in [-0.2, -0.15) is 22.7 Å². The molecule has 2 atom stereocenters. The number of carbonyl (C=O) groups is 2. The molecule has 2 fully saturated rings. The molecule has 0 saturated carbocycles. The van der Waals surface area contributed by atoms with Crippen LogP contribution in [-0.2, 0) is 21.0 Å². The first-order chi connectivity index (χ1) is 18.6. The lowest BCUT2D eigenvalue weighted by molar-refractivity contribution is -0.137.